The predicted octanol–water partition coefficient (Wildman–Crippen LogP) is 1.30. The first kappa shape index (κ1) is 16.5. The first-order chi connectivity index (χ1) is 9.44. The third kappa shape index (κ3) is 4.23. The lowest BCUT2D eigenvalue weighted by atomic mass is 10.1. The summed E-state index contributed by atoms with van der Waals surface area (Å²) in [6.07, 6.45) is 0. The summed E-state index contributed by atoms with van der Waals surface area (Å²) in [5.74, 6) is 5.68. The number of aryl methyl sites for hydroxylation is 1. The Morgan fingerprint density at radius 3 is 2.45 bits per heavy atom. The molecular formula is C14H21N3O2S. The molecule has 1 aromatic carbocycles. The molecule has 0 bridgehead atoms. The lowest BCUT2D eigenvalue weighted by Gasteiger charge is -2.20. The lowest BCUT2D eigenvalue weighted by molar-refractivity contribution is 0.449. The van der Waals surface area contributed by atoms with Gasteiger partial charge in [0.2, 0.25) is 0 Å². The van der Waals surface area contributed by atoms with Crippen molar-refractivity contribution >= 4 is 15.9 Å². The van der Waals surface area contributed by atoms with E-state index >= 15 is 0 Å². The fourth-order valence-corrected chi connectivity index (χ4v) is 3.09. The molecule has 6 heteroatoms. The summed E-state index contributed by atoms with van der Waals surface area (Å²) in [4.78, 5) is 0. The minimum atomic E-state index is -3.50. The van der Waals surface area contributed by atoms with Crippen molar-refractivity contribution in [3.63, 3.8) is 0 Å². The van der Waals surface area contributed by atoms with Crippen LogP contribution in [0.5, 0.6) is 0 Å². The average molecular weight is 295 g/mol. The third-order valence-electron chi connectivity index (χ3n) is 2.85. The van der Waals surface area contributed by atoms with E-state index in [1.165, 1.54) is 4.31 Å². The van der Waals surface area contributed by atoms with Crippen molar-refractivity contribution in [3.8, 4) is 11.8 Å². The lowest BCUT2D eigenvalue weighted by Crippen LogP contribution is -2.35. The van der Waals surface area contributed by atoms with E-state index in [9.17, 15) is 8.42 Å². The van der Waals surface area contributed by atoms with E-state index < -0.39 is 10.2 Å². The van der Waals surface area contributed by atoms with Crippen LogP contribution in [-0.4, -0.2) is 32.4 Å². The number of nitrogens with two attached hydrogens (primary N) is 1. The van der Waals surface area contributed by atoms with E-state index in [-0.39, 0.29) is 0 Å². The molecule has 0 saturated heterocycles. The maximum atomic E-state index is 12.1. The first-order valence-corrected chi connectivity index (χ1v) is 7.96. The van der Waals surface area contributed by atoms with Gasteiger partial charge in [-0.2, -0.15) is 12.7 Å². The van der Waals surface area contributed by atoms with Crippen LogP contribution in [0.4, 0.5) is 5.69 Å². The normalized spacial score (nSPS) is 11.1. The summed E-state index contributed by atoms with van der Waals surface area (Å²) in [6, 6.07) is 5.33. The molecule has 0 aliphatic carbocycles. The van der Waals surface area contributed by atoms with Gasteiger partial charge in [-0.05, 0) is 30.7 Å². The van der Waals surface area contributed by atoms with Gasteiger partial charge in [-0.15, -0.1) is 0 Å². The van der Waals surface area contributed by atoms with Gasteiger partial charge in [0.25, 0.3) is 0 Å². The standard InChI is InChI=1S/C14H21N3O2S/c1-4-17(5-2)20(18,19)16-14-9-8-13(7-6-10-15)11-12(14)3/h8-9,11,16H,4-5,10,15H2,1-3H3. The van der Waals surface area contributed by atoms with Crippen molar-refractivity contribution in [2.45, 2.75) is 20.8 Å². The van der Waals surface area contributed by atoms with Crippen LogP contribution in [0.1, 0.15) is 25.0 Å². The van der Waals surface area contributed by atoms with Gasteiger partial charge in [0.15, 0.2) is 0 Å². The molecule has 0 aliphatic rings. The Labute approximate surface area is 121 Å². The molecule has 0 heterocycles. The van der Waals surface area contributed by atoms with Gasteiger partial charge in [0, 0.05) is 18.7 Å². The predicted molar refractivity (Wildman–Crippen MR) is 82.6 cm³/mol. The molecule has 0 aromatic heterocycles. The van der Waals surface area contributed by atoms with Gasteiger partial charge in [-0.25, -0.2) is 0 Å². The van der Waals surface area contributed by atoms with Crippen molar-refractivity contribution in [2.75, 3.05) is 24.4 Å². The van der Waals surface area contributed by atoms with Crippen LogP contribution in [0.25, 0.3) is 0 Å². The summed E-state index contributed by atoms with van der Waals surface area (Å²) in [5.41, 5.74) is 7.53. The number of benzene rings is 1. The molecule has 110 valence electrons. The Morgan fingerprint density at radius 1 is 1.30 bits per heavy atom. The first-order valence-electron chi connectivity index (χ1n) is 6.52. The van der Waals surface area contributed by atoms with E-state index in [1.807, 2.05) is 13.0 Å². The monoisotopic (exact) mass is 295 g/mol. The minimum absolute atomic E-state index is 0.301. The molecule has 1 rings (SSSR count). The fourth-order valence-electron chi connectivity index (χ4n) is 1.78. The molecule has 0 saturated carbocycles. The van der Waals surface area contributed by atoms with E-state index in [0.29, 0.717) is 25.3 Å². The third-order valence-corrected chi connectivity index (χ3v) is 4.52. The fraction of sp³-hybridized carbons (Fsp3) is 0.429. The summed E-state index contributed by atoms with van der Waals surface area (Å²) < 4.78 is 28.3. The Hall–Kier alpha value is -1.55. The number of nitrogens with zero attached hydrogens (tertiary/aromatic N) is 1. The zero-order valence-corrected chi connectivity index (χ0v) is 12.9. The Balaban J connectivity index is 2.99. The second kappa shape index (κ2) is 7.29. The van der Waals surface area contributed by atoms with Gasteiger partial charge in [-0.3, -0.25) is 4.72 Å². The number of hydrogen-bond donors (Lipinski definition) is 2. The molecule has 5 nitrogen and oxygen atoms in total. The number of nitrogens with one attached hydrogen (secondary N) is 1. The molecule has 0 aliphatic heterocycles. The van der Waals surface area contributed by atoms with Crippen molar-refractivity contribution in [2.24, 2.45) is 5.73 Å². The summed E-state index contributed by atoms with van der Waals surface area (Å²) in [7, 11) is -3.50. The Morgan fingerprint density at radius 2 is 1.95 bits per heavy atom. The van der Waals surface area contributed by atoms with E-state index in [1.54, 1.807) is 26.0 Å². The highest BCUT2D eigenvalue weighted by atomic mass is 32.2. The zero-order chi connectivity index (χ0) is 15.2. The molecule has 0 spiro atoms. The van der Waals surface area contributed by atoms with Crippen LogP contribution in [-0.2, 0) is 10.2 Å². The maximum Gasteiger partial charge on any atom is 0.301 e. The Kier molecular flexibility index (Phi) is 6.02. The molecule has 0 atom stereocenters. The second-order valence-corrected chi connectivity index (χ2v) is 5.90. The van der Waals surface area contributed by atoms with Gasteiger partial charge >= 0.3 is 10.2 Å². The number of rotatable bonds is 5. The van der Waals surface area contributed by atoms with Crippen molar-refractivity contribution in [1.82, 2.24) is 4.31 Å². The number of hydrogen-bond acceptors (Lipinski definition) is 3. The quantitative estimate of drug-likeness (QED) is 0.804. The molecule has 3 N–H and O–H groups in total. The Bertz CT molecular complexity index is 611. The van der Waals surface area contributed by atoms with Crippen LogP contribution in [0.15, 0.2) is 18.2 Å². The summed E-state index contributed by atoms with van der Waals surface area (Å²) in [6.45, 7) is 6.63. The maximum absolute atomic E-state index is 12.1. The van der Waals surface area contributed by atoms with E-state index in [4.69, 9.17) is 5.73 Å². The molecule has 0 amide bonds. The van der Waals surface area contributed by atoms with E-state index in [0.717, 1.165) is 11.1 Å². The van der Waals surface area contributed by atoms with Gasteiger partial charge in [0.1, 0.15) is 0 Å². The molecular weight excluding hydrogens is 274 g/mol. The van der Waals surface area contributed by atoms with Crippen LogP contribution >= 0.6 is 0 Å². The second-order valence-electron chi connectivity index (χ2n) is 4.23. The highest BCUT2D eigenvalue weighted by Crippen LogP contribution is 2.18. The van der Waals surface area contributed by atoms with Crippen molar-refractivity contribution < 1.29 is 8.42 Å². The molecule has 1 aromatic rings. The average Bonchev–Trinajstić information content (AvgIpc) is 2.40. The molecule has 0 radical (unpaired) electrons. The van der Waals surface area contributed by atoms with Crippen LogP contribution in [0, 0.1) is 18.8 Å². The van der Waals surface area contributed by atoms with Crippen molar-refractivity contribution in [1.29, 1.82) is 0 Å². The topological polar surface area (TPSA) is 75.4 Å². The highest BCUT2D eigenvalue weighted by molar-refractivity contribution is 7.90. The van der Waals surface area contributed by atoms with Gasteiger partial charge < -0.3 is 5.73 Å². The SMILES string of the molecule is CCN(CC)S(=O)(=O)Nc1ccc(C#CCN)cc1C. The van der Waals surface area contributed by atoms with Crippen LogP contribution in [0.3, 0.4) is 0 Å². The highest BCUT2D eigenvalue weighted by Gasteiger charge is 2.18. The van der Waals surface area contributed by atoms with Gasteiger partial charge in [-0.1, -0.05) is 25.7 Å². The zero-order valence-electron chi connectivity index (χ0n) is 12.1. The minimum Gasteiger partial charge on any atom is -0.320 e. The molecule has 0 unspecified atom stereocenters. The van der Waals surface area contributed by atoms with Crippen LogP contribution < -0.4 is 10.5 Å². The largest absolute Gasteiger partial charge is 0.320 e. The molecule has 20 heavy (non-hydrogen) atoms. The number of anilines is 1. The summed E-state index contributed by atoms with van der Waals surface area (Å²) in [5, 5.41) is 0. The van der Waals surface area contributed by atoms with Gasteiger partial charge in [0.05, 0.1) is 12.2 Å². The van der Waals surface area contributed by atoms with Crippen molar-refractivity contribution in [3.05, 3.63) is 29.3 Å². The van der Waals surface area contributed by atoms with Crippen LogP contribution in [0.2, 0.25) is 0 Å². The smallest absolute Gasteiger partial charge is 0.301 e. The molecule has 0 fully saturated rings. The summed E-state index contributed by atoms with van der Waals surface area (Å²) >= 11 is 0. The van der Waals surface area contributed by atoms with E-state index in [2.05, 4.69) is 16.6 Å².